The average molecular weight is 191 g/mol. The molecular formula is C8H5N3O3. The van der Waals surface area contributed by atoms with Gasteiger partial charge in [-0.3, -0.25) is 9.59 Å². The number of hydrogen-bond donors (Lipinski definition) is 2. The van der Waals surface area contributed by atoms with Crippen LogP contribution in [-0.4, -0.2) is 9.97 Å². The largest absolute Gasteiger partial charge is 0.316 e. The van der Waals surface area contributed by atoms with Crippen molar-refractivity contribution in [3.05, 3.63) is 43.8 Å². The molecule has 1 aromatic heterocycles. The lowest BCUT2D eigenvalue weighted by molar-refractivity contribution is 1.14. The van der Waals surface area contributed by atoms with Crippen molar-refractivity contribution in [2.45, 2.75) is 0 Å². The first-order chi connectivity index (χ1) is 6.72. The standard InChI is InChI=1S/C8H5N3O3/c12-7-8(13)10-6-4(9-7)2-1-3-5(6)11-14/h1-3H,(H,9,12)(H,10,13). The molecule has 1 aromatic carbocycles. The molecule has 0 aliphatic heterocycles. The van der Waals surface area contributed by atoms with Crippen LogP contribution in [0.1, 0.15) is 0 Å². The Morgan fingerprint density at radius 3 is 2.50 bits per heavy atom. The molecule has 2 N–H and O–H groups in total. The number of H-pyrrole nitrogens is 2. The summed E-state index contributed by atoms with van der Waals surface area (Å²) >= 11 is 0. The van der Waals surface area contributed by atoms with Crippen molar-refractivity contribution in [1.82, 2.24) is 9.97 Å². The molecule has 6 nitrogen and oxygen atoms in total. The Balaban J connectivity index is 3.03. The van der Waals surface area contributed by atoms with Crippen molar-refractivity contribution in [3.8, 4) is 0 Å². The summed E-state index contributed by atoms with van der Waals surface area (Å²) in [5, 5.41) is 2.73. The number of aromatic amines is 2. The Kier molecular flexibility index (Phi) is 1.74. The minimum Gasteiger partial charge on any atom is -0.316 e. The first-order valence-electron chi connectivity index (χ1n) is 3.81. The van der Waals surface area contributed by atoms with E-state index in [2.05, 4.69) is 15.1 Å². The zero-order chi connectivity index (χ0) is 10.1. The van der Waals surface area contributed by atoms with E-state index in [-0.39, 0.29) is 11.2 Å². The van der Waals surface area contributed by atoms with Gasteiger partial charge in [0.15, 0.2) is 0 Å². The van der Waals surface area contributed by atoms with Gasteiger partial charge in [-0.15, -0.1) is 4.91 Å². The van der Waals surface area contributed by atoms with E-state index in [0.717, 1.165) is 0 Å². The number of benzene rings is 1. The lowest BCUT2D eigenvalue weighted by Gasteiger charge is -1.97. The number of nitrogens with one attached hydrogen (secondary N) is 2. The summed E-state index contributed by atoms with van der Waals surface area (Å²) in [5.41, 5.74) is -0.830. The van der Waals surface area contributed by atoms with Gasteiger partial charge in [0.2, 0.25) is 0 Å². The van der Waals surface area contributed by atoms with Gasteiger partial charge in [-0.1, -0.05) is 6.07 Å². The molecule has 0 fully saturated rings. The average Bonchev–Trinajstić information content (AvgIpc) is 2.19. The normalized spacial score (nSPS) is 10.3. The fourth-order valence-corrected chi connectivity index (χ4v) is 1.20. The second kappa shape index (κ2) is 2.91. The number of fused-ring (bicyclic) bond motifs is 1. The van der Waals surface area contributed by atoms with Crippen molar-refractivity contribution in [2.24, 2.45) is 5.18 Å². The van der Waals surface area contributed by atoms with E-state index in [1.807, 2.05) is 0 Å². The highest BCUT2D eigenvalue weighted by Gasteiger charge is 2.03. The number of nitroso groups, excluding NO2 is 1. The van der Waals surface area contributed by atoms with Crippen LogP contribution in [0.15, 0.2) is 33.0 Å². The Bertz CT molecular complexity index is 611. The van der Waals surface area contributed by atoms with E-state index in [1.165, 1.54) is 6.07 Å². The molecule has 0 bridgehead atoms. The van der Waals surface area contributed by atoms with Gasteiger partial charge in [-0.25, -0.2) is 0 Å². The van der Waals surface area contributed by atoms with Crippen LogP contribution in [0.25, 0.3) is 11.0 Å². The molecule has 0 saturated carbocycles. The summed E-state index contributed by atoms with van der Waals surface area (Å²) in [6.45, 7) is 0. The minimum absolute atomic E-state index is 0.0934. The predicted molar refractivity (Wildman–Crippen MR) is 50.6 cm³/mol. The van der Waals surface area contributed by atoms with Gasteiger partial charge in [-0.2, -0.15) is 0 Å². The van der Waals surface area contributed by atoms with Crippen molar-refractivity contribution in [2.75, 3.05) is 0 Å². The Labute approximate surface area is 76.6 Å². The van der Waals surface area contributed by atoms with Gasteiger partial charge < -0.3 is 9.97 Å². The number of nitrogens with zero attached hydrogens (tertiary/aromatic N) is 1. The van der Waals surface area contributed by atoms with Crippen LogP contribution in [0.3, 0.4) is 0 Å². The second-order valence-electron chi connectivity index (χ2n) is 2.70. The third kappa shape index (κ3) is 1.13. The molecule has 2 aromatic rings. The van der Waals surface area contributed by atoms with Crippen LogP contribution in [-0.2, 0) is 0 Å². The van der Waals surface area contributed by atoms with Crippen LogP contribution >= 0.6 is 0 Å². The molecule has 0 atom stereocenters. The molecule has 0 radical (unpaired) electrons. The van der Waals surface area contributed by atoms with Crippen molar-refractivity contribution in [3.63, 3.8) is 0 Å². The van der Waals surface area contributed by atoms with E-state index in [1.54, 1.807) is 12.1 Å². The van der Waals surface area contributed by atoms with E-state index in [0.29, 0.717) is 5.52 Å². The Hall–Kier alpha value is -2.24. The zero-order valence-corrected chi connectivity index (χ0v) is 6.90. The van der Waals surface area contributed by atoms with Gasteiger partial charge >= 0.3 is 11.1 Å². The van der Waals surface area contributed by atoms with Crippen LogP contribution in [0.4, 0.5) is 5.69 Å². The molecule has 0 saturated heterocycles. The summed E-state index contributed by atoms with van der Waals surface area (Å²) in [4.78, 5) is 36.9. The van der Waals surface area contributed by atoms with Gasteiger partial charge in [0.25, 0.3) is 0 Å². The third-order valence-corrected chi connectivity index (χ3v) is 1.83. The van der Waals surface area contributed by atoms with Crippen molar-refractivity contribution < 1.29 is 0 Å². The lowest BCUT2D eigenvalue weighted by atomic mass is 10.2. The Morgan fingerprint density at radius 1 is 1.07 bits per heavy atom. The van der Waals surface area contributed by atoms with Crippen molar-refractivity contribution in [1.29, 1.82) is 0 Å². The smallest absolute Gasteiger partial charge is 0.314 e. The molecule has 6 heteroatoms. The van der Waals surface area contributed by atoms with E-state index >= 15 is 0 Å². The van der Waals surface area contributed by atoms with Crippen LogP contribution < -0.4 is 11.1 Å². The SMILES string of the molecule is O=Nc1cccc2[nH]c(=O)c(=O)[nH]c12. The van der Waals surface area contributed by atoms with Crippen LogP contribution in [0.2, 0.25) is 0 Å². The van der Waals surface area contributed by atoms with Gasteiger partial charge in [-0.05, 0) is 17.3 Å². The fourth-order valence-electron chi connectivity index (χ4n) is 1.20. The maximum atomic E-state index is 11.0. The van der Waals surface area contributed by atoms with E-state index in [4.69, 9.17) is 0 Å². The van der Waals surface area contributed by atoms with Gasteiger partial charge in [0.05, 0.1) is 11.0 Å². The number of para-hydroxylation sites is 1. The maximum absolute atomic E-state index is 11.0. The molecule has 70 valence electrons. The fraction of sp³-hybridized carbons (Fsp3) is 0. The first kappa shape index (κ1) is 8.36. The molecule has 0 aliphatic rings. The highest BCUT2D eigenvalue weighted by Crippen LogP contribution is 2.19. The highest BCUT2D eigenvalue weighted by atomic mass is 16.3. The molecule has 2 rings (SSSR count). The summed E-state index contributed by atoms with van der Waals surface area (Å²) in [6.07, 6.45) is 0. The zero-order valence-electron chi connectivity index (χ0n) is 6.90. The van der Waals surface area contributed by atoms with Gasteiger partial charge in [0, 0.05) is 0 Å². The van der Waals surface area contributed by atoms with Crippen LogP contribution in [0.5, 0.6) is 0 Å². The lowest BCUT2D eigenvalue weighted by Crippen LogP contribution is -2.28. The third-order valence-electron chi connectivity index (χ3n) is 1.83. The summed E-state index contributed by atoms with van der Waals surface area (Å²) in [5.74, 6) is 0. The Morgan fingerprint density at radius 2 is 1.79 bits per heavy atom. The number of aromatic nitrogens is 2. The maximum Gasteiger partial charge on any atom is 0.314 e. The van der Waals surface area contributed by atoms with Gasteiger partial charge in [0.1, 0.15) is 5.69 Å². The van der Waals surface area contributed by atoms with Crippen molar-refractivity contribution >= 4 is 16.7 Å². The monoisotopic (exact) mass is 191 g/mol. The molecule has 0 spiro atoms. The molecule has 1 heterocycles. The number of hydrogen-bond acceptors (Lipinski definition) is 4. The first-order valence-corrected chi connectivity index (χ1v) is 3.81. The molecular weight excluding hydrogens is 186 g/mol. The summed E-state index contributed by atoms with van der Waals surface area (Å²) in [6, 6.07) is 4.58. The topological polar surface area (TPSA) is 95.2 Å². The summed E-state index contributed by atoms with van der Waals surface area (Å²) < 4.78 is 0. The number of rotatable bonds is 1. The quantitative estimate of drug-likeness (QED) is 0.510. The van der Waals surface area contributed by atoms with E-state index < -0.39 is 11.1 Å². The molecule has 0 aliphatic carbocycles. The second-order valence-corrected chi connectivity index (χ2v) is 2.70. The van der Waals surface area contributed by atoms with E-state index in [9.17, 15) is 14.5 Å². The van der Waals surface area contributed by atoms with Crippen LogP contribution in [0, 0.1) is 4.91 Å². The predicted octanol–water partition coefficient (Wildman–Crippen LogP) is 0.614. The highest BCUT2D eigenvalue weighted by molar-refractivity contribution is 5.85. The summed E-state index contributed by atoms with van der Waals surface area (Å²) in [7, 11) is 0. The minimum atomic E-state index is -0.798. The molecule has 14 heavy (non-hydrogen) atoms. The molecule has 0 amide bonds. The molecule has 0 unspecified atom stereocenters.